The van der Waals surface area contributed by atoms with Crippen molar-refractivity contribution < 1.29 is 33.4 Å². The molecule has 12 heteroatoms. The van der Waals surface area contributed by atoms with E-state index in [0.29, 0.717) is 65.7 Å². The van der Waals surface area contributed by atoms with Gasteiger partial charge in [-0.05, 0) is 114 Å². The summed E-state index contributed by atoms with van der Waals surface area (Å²) in [6, 6.07) is 15.9. The van der Waals surface area contributed by atoms with Crippen LogP contribution < -0.4 is 24.6 Å². The van der Waals surface area contributed by atoms with Gasteiger partial charge < -0.3 is 34.2 Å². The minimum absolute atomic E-state index is 0.222. The summed E-state index contributed by atoms with van der Waals surface area (Å²) < 4.78 is 17.4. The minimum atomic E-state index is -0.640. The minimum Gasteiger partial charge on any atom is -0.495 e. The molecule has 284 valence electrons. The lowest BCUT2D eigenvalue weighted by Gasteiger charge is -2.32. The summed E-state index contributed by atoms with van der Waals surface area (Å²) in [4.78, 5) is 60.0. The molecule has 4 amide bonds. The van der Waals surface area contributed by atoms with E-state index in [1.807, 2.05) is 56.9 Å². The smallest absolute Gasteiger partial charge is 0.414 e. The fraction of sp³-hybridized carbons (Fsp3) is 0.463. The van der Waals surface area contributed by atoms with Crippen LogP contribution in [0, 0.1) is 6.92 Å². The maximum absolute atomic E-state index is 13.8. The largest absolute Gasteiger partial charge is 0.495 e. The molecule has 0 saturated carbocycles. The molecule has 1 N–H and O–H groups in total. The summed E-state index contributed by atoms with van der Waals surface area (Å²) in [5.41, 5.74) is 3.62. The second-order valence-corrected chi connectivity index (χ2v) is 14.7. The predicted molar refractivity (Wildman–Crippen MR) is 207 cm³/mol. The normalized spacial score (nSPS) is 14.4. The molecule has 0 bridgehead atoms. The lowest BCUT2D eigenvalue weighted by atomic mass is 10.0. The highest BCUT2D eigenvalue weighted by molar-refractivity contribution is 6.10. The highest BCUT2D eigenvalue weighted by Crippen LogP contribution is 2.35. The van der Waals surface area contributed by atoms with Crippen LogP contribution in [0.15, 0.2) is 54.6 Å². The van der Waals surface area contributed by atoms with Crippen LogP contribution in [0.5, 0.6) is 11.5 Å². The number of anilines is 3. The number of piperazine rings is 1. The Morgan fingerprint density at radius 2 is 1.64 bits per heavy atom. The van der Waals surface area contributed by atoms with Crippen molar-refractivity contribution in [1.82, 2.24) is 9.80 Å². The van der Waals surface area contributed by atoms with Crippen molar-refractivity contribution >= 4 is 40.9 Å². The van der Waals surface area contributed by atoms with Gasteiger partial charge in [-0.2, -0.15) is 0 Å². The third-order valence-corrected chi connectivity index (χ3v) is 9.51. The van der Waals surface area contributed by atoms with Crippen LogP contribution in [-0.2, 0) is 16.0 Å². The monoisotopic (exact) mass is 727 g/mol. The van der Waals surface area contributed by atoms with Gasteiger partial charge in [-0.25, -0.2) is 4.79 Å². The van der Waals surface area contributed by atoms with E-state index in [0.717, 1.165) is 56.6 Å². The molecule has 0 radical (unpaired) electrons. The first-order valence-corrected chi connectivity index (χ1v) is 18.4. The van der Waals surface area contributed by atoms with Gasteiger partial charge in [-0.15, -0.1) is 0 Å². The number of aryl methyl sites for hydroxylation is 1. The molecule has 1 saturated heterocycles. The molecule has 0 aromatic heterocycles. The van der Waals surface area contributed by atoms with E-state index in [-0.39, 0.29) is 17.7 Å². The number of nitrogens with one attached hydrogen (secondary N) is 1. The van der Waals surface area contributed by atoms with Crippen LogP contribution in [0.4, 0.5) is 21.9 Å². The Kier molecular flexibility index (Phi) is 12.7. The number of likely N-dealkylation sites (N-methyl/N-ethyl adjacent to an activating group) is 1. The Bertz CT molecular complexity index is 1810. The number of hydrogen-bond donors (Lipinski definition) is 1. The van der Waals surface area contributed by atoms with Gasteiger partial charge >= 0.3 is 6.09 Å². The molecule has 5 rings (SSSR count). The zero-order valence-electron chi connectivity index (χ0n) is 32.1. The number of ether oxygens (including phenoxy) is 3. The second kappa shape index (κ2) is 17.2. The van der Waals surface area contributed by atoms with Crippen molar-refractivity contribution in [2.75, 3.05) is 75.7 Å². The molecule has 3 aromatic rings. The van der Waals surface area contributed by atoms with E-state index in [2.05, 4.69) is 17.3 Å². The van der Waals surface area contributed by atoms with Crippen molar-refractivity contribution in [2.24, 2.45) is 0 Å². The van der Waals surface area contributed by atoms with Crippen LogP contribution >= 0.6 is 0 Å². The highest BCUT2D eigenvalue weighted by Gasteiger charge is 2.32. The number of benzene rings is 3. The Balaban J connectivity index is 1.20. The molecule has 3 aromatic carbocycles. The van der Waals surface area contributed by atoms with E-state index in [1.54, 1.807) is 47.2 Å². The molecule has 1 fully saturated rings. The quantitative estimate of drug-likeness (QED) is 0.209. The first kappa shape index (κ1) is 39.1. The SMILES string of the molecule is COc1cc(C(=O)N(C)c2ccc(C)cc2OCCCCCC(=O)N2CCN(C)CC2)ccc1NC(=O)c1cccc2c1CCN2C(=O)OC(C)(C)C. The van der Waals surface area contributed by atoms with Gasteiger partial charge in [0.2, 0.25) is 5.91 Å². The van der Waals surface area contributed by atoms with Crippen molar-refractivity contribution in [3.05, 3.63) is 76.9 Å². The first-order valence-electron chi connectivity index (χ1n) is 18.4. The fourth-order valence-electron chi connectivity index (χ4n) is 6.54. The summed E-state index contributed by atoms with van der Waals surface area (Å²) in [7, 11) is 5.26. The molecule has 12 nitrogen and oxygen atoms in total. The first-order chi connectivity index (χ1) is 25.3. The van der Waals surface area contributed by atoms with Gasteiger partial charge in [-0.3, -0.25) is 19.3 Å². The summed E-state index contributed by atoms with van der Waals surface area (Å²) in [6.45, 7) is 11.7. The molecule has 2 aliphatic rings. The van der Waals surface area contributed by atoms with Crippen molar-refractivity contribution in [3.8, 4) is 11.5 Å². The number of rotatable bonds is 12. The van der Waals surface area contributed by atoms with E-state index in [4.69, 9.17) is 14.2 Å². The van der Waals surface area contributed by atoms with Gasteiger partial charge in [0, 0.05) is 57.3 Å². The average Bonchev–Trinajstić information content (AvgIpc) is 3.57. The maximum Gasteiger partial charge on any atom is 0.414 e. The zero-order chi connectivity index (χ0) is 38.3. The number of nitrogens with zero attached hydrogens (tertiary/aromatic N) is 4. The molecule has 0 spiro atoms. The van der Waals surface area contributed by atoms with Crippen molar-refractivity contribution in [3.63, 3.8) is 0 Å². The Morgan fingerprint density at radius 3 is 2.36 bits per heavy atom. The summed E-state index contributed by atoms with van der Waals surface area (Å²) in [5.74, 6) is 0.517. The van der Waals surface area contributed by atoms with Gasteiger partial charge in [0.05, 0.1) is 30.8 Å². The zero-order valence-corrected chi connectivity index (χ0v) is 32.1. The molecular formula is C41H53N5O7. The summed E-state index contributed by atoms with van der Waals surface area (Å²) in [5, 5.41) is 2.93. The average molecular weight is 728 g/mol. The summed E-state index contributed by atoms with van der Waals surface area (Å²) >= 11 is 0. The lowest BCUT2D eigenvalue weighted by Crippen LogP contribution is -2.47. The maximum atomic E-state index is 13.8. The third kappa shape index (κ3) is 9.87. The number of methoxy groups -OCH3 is 1. The standard InChI is InChI=1S/C41H53N5O7/c1-28-15-18-34(36(26-28)52-25-10-8-9-14-37(47)45-23-21-43(5)22-24-45)44(6)39(49)29-16-17-32(35(27-29)51-7)42-38(48)31-12-11-13-33-30(31)19-20-46(33)40(50)53-41(2,3)4/h11-13,15-18,26-27H,8-10,14,19-25H2,1-7H3,(H,42,48). The highest BCUT2D eigenvalue weighted by atomic mass is 16.6. The van der Waals surface area contributed by atoms with Crippen LogP contribution in [-0.4, -0.2) is 99.8 Å². The number of carbonyl (C=O) groups is 4. The number of hydrogen-bond acceptors (Lipinski definition) is 8. The van der Waals surface area contributed by atoms with Crippen LogP contribution in [0.3, 0.4) is 0 Å². The number of fused-ring (bicyclic) bond motifs is 1. The molecular weight excluding hydrogens is 674 g/mol. The fourth-order valence-corrected chi connectivity index (χ4v) is 6.54. The molecule has 2 aliphatic heterocycles. The topological polar surface area (TPSA) is 121 Å². The number of amides is 4. The van der Waals surface area contributed by atoms with E-state index in [1.165, 1.54) is 7.11 Å². The summed E-state index contributed by atoms with van der Waals surface area (Å²) in [6.07, 6.45) is 3.08. The third-order valence-electron chi connectivity index (χ3n) is 9.51. The van der Waals surface area contributed by atoms with E-state index >= 15 is 0 Å². The number of unbranched alkanes of at least 4 members (excludes halogenated alkanes) is 2. The van der Waals surface area contributed by atoms with E-state index < -0.39 is 11.7 Å². The van der Waals surface area contributed by atoms with Gasteiger partial charge in [0.15, 0.2) is 0 Å². The molecule has 0 atom stereocenters. The van der Waals surface area contributed by atoms with Gasteiger partial charge in [0.1, 0.15) is 17.1 Å². The number of carbonyl (C=O) groups excluding carboxylic acids is 4. The predicted octanol–water partition coefficient (Wildman–Crippen LogP) is 6.54. The second-order valence-electron chi connectivity index (χ2n) is 14.7. The molecule has 0 aliphatic carbocycles. The Labute approximate surface area is 313 Å². The molecule has 0 unspecified atom stereocenters. The lowest BCUT2D eigenvalue weighted by molar-refractivity contribution is -0.132. The molecule has 53 heavy (non-hydrogen) atoms. The Hall–Kier alpha value is -5.10. The van der Waals surface area contributed by atoms with Crippen LogP contribution in [0.2, 0.25) is 0 Å². The molecule has 2 heterocycles. The van der Waals surface area contributed by atoms with E-state index in [9.17, 15) is 19.2 Å². The van der Waals surface area contributed by atoms with Gasteiger partial charge in [-0.1, -0.05) is 12.1 Å². The van der Waals surface area contributed by atoms with Gasteiger partial charge in [0.25, 0.3) is 11.8 Å². The van der Waals surface area contributed by atoms with Crippen LogP contribution in [0.1, 0.15) is 78.3 Å². The van der Waals surface area contributed by atoms with Crippen molar-refractivity contribution in [1.29, 1.82) is 0 Å². The Morgan fingerprint density at radius 1 is 0.887 bits per heavy atom. The van der Waals surface area contributed by atoms with Crippen LogP contribution in [0.25, 0.3) is 0 Å². The van der Waals surface area contributed by atoms with Crippen molar-refractivity contribution in [2.45, 2.75) is 65.4 Å².